The molecule has 2 aliphatic rings. The van der Waals surface area contributed by atoms with Crippen LogP contribution in [-0.2, 0) is 4.79 Å². The van der Waals surface area contributed by atoms with Gasteiger partial charge in [-0.3, -0.25) is 14.5 Å². The molecule has 1 amide bonds. The molecule has 0 radical (unpaired) electrons. The van der Waals surface area contributed by atoms with Gasteiger partial charge in [-0.2, -0.15) is 0 Å². The predicted molar refractivity (Wildman–Crippen MR) is 125 cm³/mol. The highest BCUT2D eigenvalue weighted by atomic mass is 32.1. The average Bonchev–Trinajstić information content (AvgIpc) is 3.23. The molecule has 0 saturated carbocycles. The second-order valence-corrected chi connectivity index (χ2v) is 9.91. The zero-order valence-electron chi connectivity index (χ0n) is 17.6. The van der Waals surface area contributed by atoms with Crippen LogP contribution < -0.4 is 10.2 Å². The number of Topliss-reactive ketones (excluding diaryl/α,β-unsaturated/α-hetero) is 1. The Morgan fingerprint density at radius 1 is 1.00 bits per heavy atom. The van der Waals surface area contributed by atoms with Gasteiger partial charge in [0.05, 0.1) is 11.4 Å². The quantitative estimate of drug-likeness (QED) is 0.528. The number of rotatable bonds is 2. The van der Waals surface area contributed by atoms with Gasteiger partial charge in [-0.25, -0.2) is 0 Å². The Hall–Kier alpha value is -3.18. The third kappa shape index (κ3) is 3.49. The minimum atomic E-state index is -0.456. The van der Waals surface area contributed by atoms with Crippen LogP contribution in [0.1, 0.15) is 48.0 Å². The number of hydrogen-bond donors (Lipinski definition) is 1. The summed E-state index contributed by atoms with van der Waals surface area (Å²) in [6, 6.07) is 20.7. The molecule has 31 heavy (non-hydrogen) atoms. The summed E-state index contributed by atoms with van der Waals surface area (Å²) in [5, 5.41) is 5.55. The van der Waals surface area contributed by atoms with Gasteiger partial charge in [-0.15, -0.1) is 11.3 Å². The maximum absolute atomic E-state index is 13.9. The summed E-state index contributed by atoms with van der Waals surface area (Å²) in [7, 11) is 0. The molecule has 5 rings (SSSR count). The maximum atomic E-state index is 13.9. The summed E-state index contributed by atoms with van der Waals surface area (Å²) in [6.45, 7) is 4.25. The summed E-state index contributed by atoms with van der Waals surface area (Å²) in [5.74, 6) is -0.00421. The second kappa shape index (κ2) is 7.50. The summed E-state index contributed by atoms with van der Waals surface area (Å²) in [6.07, 6.45) is 1.23. The van der Waals surface area contributed by atoms with Gasteiger partial charge in [-0.05, 0) is 47.5 Å². The monoisotopic (exact) mass is 428 g/mol. The second-order valence-electron chi connectivity index (χ2n) is 8.93. The number of para-hydroxylation sites is 2. The molecule has 3 aromatic rings. The van der Waals surface area contributed by atoms with Crippen LogP contribution in [0.5, 0.6) is 0 Å². The first-order valence-electron chi connectivity index (χ1n) is 10.5. The summed E-state index contributed by atoms with van der Waals surface area (Å²) < 4.78 is 0. The molecule has 5 heteroatoms. The van der Waals surface area contributed by atoms with E-state index in [1.807, 2.05) is 77.0 Å². The fourth-order valence-corrected chi connectivity index (χ4v) is 5.47. The van der Waals surface area contributed by atoms with Gasteiger partial charge >= 0.3 is 0 Å². The first-order valence-corrected chi connectivity index (χ1v) is 11.4. The van der Waals surface area contributed by atoms with Crippen LogP contribution in [0, 0.1) is 5.41 Å². The average molecular weight is 429 g/mol. The number of allylic oxidation sites excluding steroid dienone is 1. The van der Waals surface area contributed by atoms with E-state index in [0.29, 0.717) is 17.6 Å². The minimum Gasteiger partial charge on any atom is -0.357 e. The minimum absolute atomic E-state index is 0.107. The third-order valence-corrected chi connectivity index (χ3v) is 6.88. The number of carbonyl (C=O) groups excluding carboxylic acids is 2. The van der Waals surface area contributed by atoms with E-state index >= 15 is 0 Å². The molecular formula is C26H24N2O2S. The fourth-order valence-electron chi connectivity index (χ4n) is 4.65. The molecule has 0 fully saturated rings. The van der Waals surface area contributed by atoms with Crippen LogP contribution in [0.3, 0.4) is 0 Å². The fraction of sp³-hybridized carbons (Fsp3) is 0.231. The molecule has 0 saturated heterocycles. The number of ketones is 1. The normalized spacial score (nSPS) is 19.9. The molecule has 1 N–H and O–H groups in total. The van der Waals surface area contributed by atoms with Crippen LogP contribution in [-0.4, -0.2) is 11.7 Å². The van der Waals surface area contributed by atoms with Crippen molar-refractivity contribution in [2.24, 2.45) is 5.41 Å². The SMILES string of the molecule is CC1(C)CC(=O)C2=C(C1)Nc1ccccc1N(C(=O)c1ccccc1)[C@@H]2c1cccs1. The van der Waals surface area contributed by atoms with Crippen molar-refractivity contribution >= 4 is 34.4 Å². The molecule has 4 nitrogen and oxygen atoms in total. The number of hydrogen-bond acceptors (Lipinski definition) is 4. The lowest BCUT2D eigenvalue weighted by Gasteiger charge is -2.36. The van der Waals surface area contributed by atoms with Crippen molar-refractivity contribution < 1.29 is 9.59 Å². The van der Waals surface area contributed by atoms with E-state index in [0.717, 1.165) is 28.4 Å². The number of benzene rings is 2. The largest absolute Gasteiger partial charge is 0.357 e. The van der Waals surface area contributed by atoms with Crippen LogP contribution in [0.2, 0.25) is 0 Å². The maximum Gasteiger partial charge on any atom is 0.259 e. The summed E-state index contributed by atoms with van der Waals surface area (Å²) in [4.78, 5) is 30.2. The Balaban J connectivity index is 1.78. The molecule has 156 valence electrons. The smallest absolute Gasteiger partial charge is 0.259 e. The van der Waals surface area contributed by atoms with E-state index in [2.05, 4.69) is 19.2 Å². The highest BCUT2D eigenvalue weighted by molar-refractivity contribution is 7.10. The molecule has 0 spiro atoms. The van der Waals surface area contributed by atoms with E-state index in [4.69, 9.17) is 0 Å². The third-order valence-electron chi connectivity index (χ3n) is 5.95. The van der Waals surface area contributed by atoms with E-state index in [1.165, 1.54) is 0 Å². The van der Waals surface area contributed by atoms with Gasteiger partial charge in [0.25, 0.3) is 5.91 Å². The van der Waals surface area contributed by atoms with Crippen molar-refractivity contribution in [3.8, 4) is 0 Å². The van der Waals surface area contributed by atoms with E-state index in [1.54, 1.807) is 11.3 Å². The molecule has 1 aliphatic carbocycles. The molecule has 2 aromatic carbocycles. The highest BCUT2D eigenvalue weighted by Gasteiger charge is 2.43. The first kappa shape index (κ1) is 19.8. The Labute approximate surface area is 186 Å². The van der Waals surface area contributed by atoms with Crippen LogP contribution in [0.4, 0.5) is 11.4 Å². The lowest BCUT2D eigenvalue weighted by molar-refractivity contribution is -0.118. The van der Waals surface area contributed by atoms with E-state index < -0.39 is 6.04 Å². The number of anilines is 2. The number of amides is 1. The number of fused-ring (bicyclic) bond motifs is 1. The van der Waals surface area contributed by atoms with Crippen molar-refractivity contribution in [2.75, 3.05) is 10.2 Å². The van der Waals surface area contributed by atoms with Gasteiger partial charge in [-0.1, -0.05) is 50.2 Å². The van der Waals surface area contributed by atoms with Crippen molar-refractivity contribution in [3.05, 3.63) is 93.8 Å². The summed E-state index contributed by atoms with van der Waals surface area (Å²) >= 11 is 1.58. The van der Waals surface area contributed by atoms with Gasteiger partial charge in [0, 0.05) is 28.1 Å². The number of nitrogens with zero attached hydrogens (tertiary/aromatic N) is 1. The Morgan fingerprint density at radius 2 is 1.74 bits per heavy atom. The Morgan fingerprint density at radius 3 is 2.48 bits per heavy atom. The number of nitrogens with one attached hydrogen (secondary N) is 1. The highest BCUT2D eigenvalue weighted by Crippen LogP contribution is 2.49. The van der Waals surface area contributed by atoms with Crippen LogP contribution in [0.15, 0.2) is 83.4 Å². The molecule has 0 bridgehead atoms. The van der Waals surface area contributed by atoms with Crippen molar-refractivity contribution in [1.82, 2.24) is 0 Å². The van der Waals surface area contributed by atoms with Gasteiger partial charge in [0.15, 0.2) is 5.78 Å². The molecule has 0 unspecified atom stereocenters. The number of thiophene rings is 1. The zero-order valence-corrected chi connectivity index (χ0v) is 18.4. The van der Waals surface area contributed by atoms with Crippen molar-refractivity contribution in [2.45, 2.75) is 32.7 Å². The van der Waals surface area contributed by atoms with E-state index in [-0.39, 0.29) is 17.1 Å². The lowest BCUT2D eigenvalue weighted by atomic mass is 9.74. The summed E-state index contributed by atoms with van der Waals surface area (Å²) in [5.41, 5.74) is 3.75. The molecule has 2 heterocycles. The Bertz CT molecular complexity index is 1180. The number of carbonyl (C=O) groups is 2. The molecular weight excluding hydrogens is 404 g/mol. The molecule has 1 atom stereocenters. The Kier molecular flexibility index (Phi) is 4.78. The predicted octanol–water partition coefficient (Wildman–Crippen LogP) is 6.20. The van der Waals surface area contributed by atoms with E-state index in [9.17, 15) is 9.59 Å². The topological polar surface area (TPSA) is 49.4 Å². The molecule has 1 aromatic heterocycles. The molecule has 1 aliphatic heterocycles. The zero-order chi connectivity index (χ0) is 21.6. The standard InChI is InChI=1S/C26H24N2O2S/c1-26(2)15-19-23(21(29)16-26)24(22-13-8-14-31-22)28(20-12-7-6-11-18(20)27-19)25(30)17-9-4-3-5-10-17/h3-14,24,27H,15-16H2,1-2H3/t24-/m1/s1. The first-order chi connectivity index (χ1) is 14.9. The van der Waals surface area contributed by atoms with Gasteiger partial charge < -0.3 is 5.32 Å². The van der Waals surface area contributed by atoms with Crippen molar-refractivity contribution in [1.29, 1.82) is 0 Å². The lowest BCUT2D eigenvalue weighted by Crippen LogP contribution is -2.39. The van der Waals surface area contributed by atoms with Gasteiger partial charge in [0.2, 0.25) is 0 Å². The van der Waals surface area contributed by atoms with Crippen LogP contribution >= 0.6 is 11.3 Å². The van der Waals surface area contributed by atoms with Crippen LogP contribution in [0.25, 0.3) is 0 Å². The van der Waals surface area contributed by atoms with Gasteiger partial charge in [0.1, 0.15) is 6.04 Å². The van der Waals surface area contributed by atoms with Crippen molar-refractivity contribution in [3.63, 3.8) is 0 Å².